The van der Waals surface area contributed by atoms with Crippen LogP contribution in [0.2, 0.25) is 0 Å². The predicted molar refractivity (Wildman–Crippen MR) is 73.0 cm³/mol. The van der Waals surface area contributed by atoms with Crippen molar-refractivity contribution < 1.29 is 19.5 Å². The van der Waals surface area contributed by atoms with Gasteiger partial charge in [0.25, 0.3) is 0 Å². The zero-order valence-electron chi connectivity index (χ0n) is 11.3. The lowest BCUT2D eigenvalue weighted by molar-refractivity contribution is -0.143. The van der Waals surface area contributed by atoms with Gasteiger partial charge in [0.05, 0.1) is 6.42 Å². The van der Waals surface area contributed by atoms with E-state index in [1.54, 1.807) is 0 Å². The molecule has 0 aliphatic heterocycles. The number of hydrogen-bond donors (Lipinski definition) is 2. The Hall–Kier alpha value is -2.37. The van der Waals surface area contributed by atoms with E-state index in [4.69, 9.17) is 5.11 Å². The summed E-state index contributed by atoms with van der Waals surface area (Å²) in [4.78, 5) is 34.7. The molecule has 20 heavy (non-hydrogen) atoms. The van der Waals surface area contributed by atoms with Gasteiger partial charge in [0, 0.05) is 20.0 Å². The van der Waals surface area contributed by atoms with Crippen LogP contribution >= 0.6 is 0 Å². The van der Waals surface area contributed by atoms with Crippen LogP contribution in [-0.2, 0) is 20.8 Å². The first-order valence-electron chi connectivity index (χ1n) is 6.25. The van der Waals surface area contributed by atoms with Crippen molar-refractivity contribution in [1.29, 1.82) is 0 Å². The average molecular weight is 278 g/mol. The number of rotatable bonds is 7. The van der Waals surface area contributed by atoms with Crippen molar-refractivity contribution in [1.82, 2.24) is 10.2 Å². The molecule has 1 rings (SSSR count). The van der Waals surface area contributed by atoms with E-state index in [0.717, 1.165) is 10.5 Å². The fraction of sp³-hybridized carbons (Fsp3) is 0.357. The highest BCUT2D eigenvalue weighted by Gasteiger charge is 2.12. The van der Waals surface area contributed by atoms with Gasteiger partial charge < -0.3 is 15.3 Å². The lowest BCUT2D eigenvalue weighted by Crippen LogP contribution is -2.35. The Balaban J connectivity index is 2.25. The molecule has 0 unspecified atom stereocenters. The van der Waals surface area contributed by atoms with Crippen molar-refractivity contribution in [2.24, 2.45) is 0 Å². The molecule has 1 aromatic rings. The van der Waals surface area contributed by atoms with Gasteiger partial charge in [0.2, 0.25) is 11.8 Å². The highest BCUT2D eigenvalue weighted by molar-refractivity contribution is 5.82. The summed E-state index contributed by atoms with van der Waals surface area (Å²) in [5, 5.41) is 11.2. The van der Waals surface area contributed by atoms with Crippen molar-refractivity contribution in [2.45, 2.75) is 12.8 Å². The Morgan fingerprint density at radius 2 is 1.85 bits per heavy atom. The molecule has 6 heteroatoms. The summed E-state index contributed by atoms with van der Waals surface area (Å²) in [6.07, 6.45) is 0.351. The minimum atomic E-state index is -1.06. The maximum absolute atomic E-state index is 11.6. The van der Waals surface area contributed by atoms with Gasteiger partial charge in [-0.25, -0.2) is 0 Å². The summed E-state index contributed by atoms with van der Waals surface area (Å²) in [7, 11) is 1.42. The molecule has 0 heterocycles. The number of hydrogen-bond acceptors (Lipinski definition) is 3. The van der Waals surface area contributed by atoms with Crippen LogP contribution in [0.4, 0.5) is 0 Å². The molecule has 0 saturated carbocycles. The molecule has 0 aliphatic carbocycles. The summed E-state index contributed by atoms with van der Waals surface area (Å²) in [5.41, 5.74) is 0.902. The second kappa shape index (κ2) is 7.93. The van der Waals surface area contributed by atoms with Gasteiger partial charge in [-0.1, -0.05) is 30.3 Å². The third kappa shape index (κ3) is 5.99. The Bertz CT molecular complexity index is 473. The zero-order valence-corrected chi connectivity index (χ0v) is 11.3. The van der Waals surface area contributed by atoms with E-state index in [1.807, 2.05) is 30.3 Å². The van der Waals surface area contributed by atoms with Crippen molar-refractivity contribution in [2.75, 3.05) is 20.1 Å². The fourth-order valence-corrected chi connectivity index (χ4v) is 1.63. The smallest absolute Gasteiger partial charge is 0.323 e. The first kappa shape index (κ1) is 15.7. The monoisotopic (exact) mass is 278 g/mol. The Morgan fingerprint density at radius 3 is 2.45 bits per heavy atom. The highest BCUT2D eigenvalue weighted by atomic mass is 16.4. The van der Waals surface area contributed by atoms with Crippen LogP contribution < -0.4 is 5.32 Å². The number of nitrogens with one attached hydrogen (secondary N) is 1. The van der Waals surface area contributed by atoms with E-state index in [0.29, 0.717) is 0 Å². The number of carboxylic acid groups (broad SMARTS) is 1. The van der Waals surface area contributed by atoms with Gasteiger partial charge in [-0.2, -0.15) is 0 Å². The van der Waals surface area contributed by atoms with Crippen LogP contribution in [0.3, 0.4) is 0 Å². The van der Waals surface area contributed by atoms with Gasteiger partial charge in [0.15, 0.2) is 0 Å². The number of nitrogens with zero attached hydrogens (tertiary/aromatic N) is 1. The fourth-order valence-electron chi connectivity index (χ4n) is 1.63. The number of likely N-dealkylation sites (N-methyl/N-ethyl adjacent to an activating group) is 1. The molecular formula is C14H18N2O4. The normalized spacial score (nSPS) is 9.85. The van der Waals surface area contributed by atoms with Gasteiger partial charge in [0.1, 0.15) is 6.54 Å². The van der Waals surface area contributed by atoms with Gasteiger partial charge >= 0.3 is 5.97 Å². The minimum absolute atomic E-state index is 0.0876. The van der Waals surface area contributed by atoms with Crippen LogP contribution in [0.1, 0.15) is 12.0 Å². The van der Waals surface area contributed by atoms with Crippen molar-refractivity contribution in [3.05, 3.63) is 35.9 Å². The minimum Gasteiger partial charge on any atom is -0.480 e. The van der Waals surface area contributed by atoms with Crippen LogP contribution in [0.15, 0.2) is 30.3 Å². The largest absolute Gasteiger partial charge is 0.480 e. The van der Waals surface area contributed by atoms with Gasteiger partial charge in [-0.15, -0.1) is 0 Å². The lowest BCUT2D eigenvalue weighted by atomic mass is 10.1. The molecule has 0 fully saturated rings. The second-order valence-electron chi connectivity index (χ2n) is 4.41. The van der Waals surface area contributed by atoms with E-state index in [9.17, 15) is 14.4 Å². The summed E-state index contributed by atoms with van der Waals surface area (Å²) < 4.78 is 0. The third-order valence-corrected chi connectivity index (χ3v) is 2.67. The number of aliphatic carboxylic acids is 1. The van der Waals surface area contributed by atoms with Crippen LogP contribution in [0.5, 0.6) is 0 Å². The molecule has 2 amide bonds. The first-order valence-corrected chi connectivity index (χ1v) is 6.25. The molecule has 0 bridgehead atoms. The average Bonchev–Trinajstić information content (AvgIpc) is 2.38. The molecule has 2 N–H and O–H groups in total. The molecule has 0 aromatic heterocycles. The van der Waals surface area contributed by atoms with E-state index in [2.05, 4.69) is 5.32 Å². The maximum atomic E-state index is 11.6. The van der Waals surface area contributed by atoms with Crippen LogP contribution in [0.25, 0.3) is 0 Å². The lowest BCUT2D eigenvalue weighted by Gasteiger charge is -2.14. The summed E-state index contributed by atoms with van der Waals surface area (Å²) in [5.74, 6) is -1.54. The molecule has 6 nitrogen and oxygen atoms in total. The summed E-state index contributed by atoms with van der Waals surface area (Å²) >= 11 is 0. The molecular weight excluding hydrogens is 260 g/mol. The van der Waals surface area contributed by atoms with Gasteiger partial charge in [-0.05, 0) is 5.56 Å². The molecule has 1 aromatic carbocycles. The zero-order chi connectivity index (χ0) is 15.0. The molecule has 0 spiro atoms. The second-order valence-corrected chi connectivity index (χ2v) is 4.41. The molecule has 0 atom stereocenters. The van der Waals surface area contributed by atoms with E-state index in [-0.39, 0.29) is 37.7 Å². The van der Waals surface area contributed by atoms with E-state index >= 15 is 0 Å². The number of benzene rings is 1. The van der Waals surface area contributed by atoms with E-state index in [1.165, 1.54) is 7.05 Å². The standard InChI is InChI=1S/C14H18N2O4/c1-16(10-14(19)20)13(18)7-8-15-12(17)9-11-5-3-2-4-6-11/h2-6H,7-10H2,1H3,(H,15,17)(H,19,20). The molecule has 0 saturated heterocycles. The topological polar surface area (TPSA) is 86.7 Å². The number of carboxylic acids is 1. The highest BCUT2D eigenvalue weighted by Crippen LogP contribution is 1.99. The quantitative estimate of drug-likeness (QED) is 0.750. The molecule has 108 valence electrons. The van der Waals surface area contributed by atoms with Crippen molar-refractivity contribution >= 4 is 17.8 Å². The Kier molecular flexibility index (Phi) is 6.22. The third-order valence-electron chi connectivity index (χ3n) is 2.67. The number of carbonyl (C=O) groups is 3. The maximum Gasteiger partial charge on any atom is 0.323 e. The summed E-state index contributed by atoms with van der Waals surface area (Å²) in [6, 6.07) is 9.29. The van der Waals surface area contributed by atoms with Crippen molar-refractivity contribution in [3.8, 4) is 0 Å². The van der Waals surface area contributed by atoms with Gasteiger partial charge in [-0.3, -0.25) is 14.4 Å². The first-order chi connectivity index (χ1) is 9.49. The molecule has 0 radical (unpaired) electrons. The number of amides is 2. The van der Waals surface area contributed by atoms with Crippen molar-refractivity contribution in [3.63, 3.8) is 0 Å². The Morgan fingerprint density at radius 1 is 1.20 bits per heavy atom. The summed E-state index contributed by atoms with van der Waals surface area (Å²) in [6.45, 7) is -0.134. The SMILES string of the molecule is CN(CC(=O)O)C(=O)CCNC(=O)Cc1ccccc1. The molecule has 0 aliphatic rings. The Labute approximate surface area is 117 Å². The van der Waals surface area contributed by atoms with E-state index < -0.39 is 5.97 Å². The van der Waals surface area contributed by atoms with Crippen LogP contribution in [-0.4, -0.2) is 47.9 Å². The predicted octanol–water partition coefficient (Wildman–Crippen LogP) is 0.278. The number of carbonyl (C=O) groups excluding carboxylic acids is 2. The van der Waals surface area contributed by atoms with Crippen LogP contribution in [0, 0.1) is 0 Å².